The second-order valence-corrected chi connectivity index (χ2v) is 8.67. The number of anilines is 1. The van der Waals surface area contributed by atoms with Crippen molar-refractivity contribution in [2.75, 3.05) is 31.7 Å². The van der Waals surface area contributed by atoms with Gasteiger partial charge in [-0.05, 0) is 61.3 Å². The Bertz CT molecular complexity index is 1030. The van der Waals surface area contributed by atoms with Crippen molar-refractivity contribution >= 4 is 22.4 Å². The highest BCUT2D eigenvalue weighted by Gasteiger charge is 2.28. The second kappa shape index (κ2) is 10.6. The Kier molecular flexibility index (Phi) is 7.43. The molecule has 4 rings (SSSR count). The Morgan fingerprint density at radius 3 is 2.59 bits per heavy atom. The Balaban J connectivity index is 1.48. The summed E-state index contributed by atoms with van der Waals surface area (Å²) >= 11 is 0. The molecule has 0 spiro atoms. The highest BCUT2D eigenvalue weighted by molar-refractivity contribution is 5.95. The van der Waals surface area contributed by atoms with Crippen molar-refractivity contribution in [1.29, 1.82) is 0 Å². The monoisotopic (exact) mass is 430 g/mol. The summed E-state index contributed by atoms with van der Waals surface area (Å²) in [5, 5.41) is 5.53. The molecule has 3 aromatic carbocycles. The summed E-state index contributed by atoms with van der Waals surface area (Å²) < 4.78 is 5.00. The summed E-state index contributed by atoms with van der Waals surface area (Å²) in [6, 6.07) is 24.1. The minimum atomic E-state index is -0.0387. The van der Waals surface area contributed by atoms with Crippen LogP contribution in [0.3, 0.4) is 0 Å². The van der Waals surface area contributed by atoms with Crippen molar-refractivity contribution in [3.8, 4) is 0 Å². The van der Waals surface area contributed by atoms with Gasteiger partial charge in [0.2, 0.25) is 0 Å². The first-order valence-corrected chi connectivity index (χ1v) is 11.8. The molecule has 4 heteroatoms. The van der Waals surface area contributed by atoms with Crippen molar-refractivity contribution in [2.45, 2.75) is 44.6 Å². The smallest absolute Gasteiger partial charge is 0.251 e. The molecule has 0 aromatic heterocycles. The van der Waals surface area contributed by atoms with Crippen LogP contribution in [0.1, 0.15) is 54.4 Å². The van der Waals surface area contributed by atoms with Crippen molar-refractivity contribution < 1.29 is 9.53 Å². The first-order valence-electron chi connectivity index (χ1n) is 11.8. The predicted octanol–water partition coefficient (Wildman–Crippen LogP) is 5.77. The van der Waals surface area contributed by atoms with Gasteiger partial charge in [0.05, 0.1) is 6.61 Å². The van der Waals surface area contributed by atoms with Crippen LogP contribution in [0, 0.1) is 0 Å². The topological polar surface area (TPSA) is 41.6 Å². The number of rotatable bonds is 8. The quantitative estimate of drug-likeness (QED) is 0.461. The first-order chi connectivity index (χ1) is 15.7. The molecule has 0 radical (unpaired) electrons. The third kappa shape index (κ3) is 4.97. The van der Waals surface area contributed by atoms with Crippen LogP contribution in [0.4, 0.5) is 5.69 Å². The molecule has 0 bridgehead atoms. The molecule has 1 amide bonds. The van der Waals surface area contributed by atoms with E-state index in [0.29, 0.717) is 30.7 Å². The molecule has 2 unspecified atom stereocenters. The normalized spacial score (nSPS) is 18.4. The van der Waals surface area contributed by atoms with Crippen molar-refractivity contribution in [2.24, 2.45) is 0 Å². The van der Waals surface area contributed by atoms with E-state index >= 15 is 0 Å². The lowest BCUT2D eigenvalue weighted by Gasteiger charge is -2.39. The molecule has 0 aliphatic heterocycles. The molecule has 1 saturated carbocycles. The van der Waals surface area contributed by atoms with E-state index in [1.807, 2.05) is 12.1 Å². The van der Waals surface area contributed by atoms with Gasteiger partial charge in [-0.15, -0.1) is 0 Å². The van der Waals surface area contributed by atoms with Gasteiger partial charge in [-0.1, -0.05) is 55.0 Å². The number of benzene rings is 3. The lowest BCUT2D eigenvalue weighted by Crippen LogP contribution is -2.38. The number of ether oxygens (including phenoxy) is 1. The summed E-state index contributed by atoms with van der Waals surface area (Å²) in [4.78, 5) is 14.9. The van der Waals surface area contributed by atoms with Crippen LogP contribution >= 0.6 is 0 Å². The summed E-state index contributed by atoms with van der Waals surface area (Å²) in [6.45, 7) is 4.33. The number of methoxy groups -OCH3 is 1. The number of nitrogens with one attached hydrogen (secondary N) is 1. The van der Waals surface area contributed by atoms with Gasteiger partial charge in [0.25, 0.3) is 5.91 Å². The summed E-state index contributed by atoms with van der Waals surface area (Å²) in [7, 11) is 1.64. The average molecular weight is 431 g/mol. The van der Waals surface area contributed by atoms with E-state index in [2.05, 4.69) is 71.7 Å². The van der Waals surface area contributed by atoms with E-state index in [1.165, 1.54) is 41.3 Å². The van der Waals surface area contributed by atoms with E-state index in [0.717, 1.165) is 13.0 Å². The molecule has 2 atom stereocenters. The van der Waals surface area contributed by atoms with Gasteiger partial charge in [0.15, 0.2) is 0 Å². The summed E-state index contributed by atoms with van der Waals surface area (Å²) in [5.74, 6) is 0.492. The molecular formula is C28H34N2O2. The Labute approximate surface area is 191 Å². The zero-order chi connectivity index (χ0) is 22.3. The molecule has 0 heterocycles. The largest absolute Gasteiger partial charge is 0.383 e. The molecule has 3 aromatic rings. The zero-order valence-corrected chi connectivity index (χ0v) is 19.2. The third-order valence-electron chi connectivity index (χ3n) is 6.74. The molecule has 1 fully saturated rings. The summed E-state index contributed by atoms with van der Waals surface area (Å²) in [6.07, 6.45) is 4.82. The minimum absolute atomic E-state index is 0.0387. The van der Waals surface area contributed by atoms with E-state index in [1.54, 1.807) is 7.11 Å². The Hall–Kier alpha value is -2.85. The molecule has 4 nitrogen and oxygen atoms in total. The van der Waals surface area contributed by atoms with Crippen LogP contribution in [0.5, 0.6) is 0 Å². The highest BCUT2D eigenvalue weighted by atomic mass is 16.5. The van der Waals surface area contributed by atoms with Crippen molar-refractivity contribution in [3.05, 3.63) is 77.9 Å². The number of nitrogens with zero attached hydrogens (tertiary/aromatic N) is 1. The van der Waals surface area contributed by atoms with Gasteiger partial charge in [0, 0.05) is 42.9 Å². The maximum absolute atomic E-state index is 12.3. The molecule has 168 valence electrons. The molecular weight excluding hydrogens is 396 g/mol. The number of amides is 1. The second-order valence-electron chi connectivity index (χ2n) is 8.67. The van der Waals surface area contributed by atoms with Gasteiger partial charge in [-0.2, -0.15) is 0 Å². The number of hydrogen-bond donors (Lipinski definition) is 1. The average Bonchev–Trinajstić information content (AvgIpc) is 2.85. The highest BCUT2D eigenvalue weighted by Crippen LogP contribution is 2.38. The molecule has 32 heavy (non-hydrogen) atoms. The summed E-state index contributed by atoms with van der Waals surface area (Å²) in [5.41, 5.74) is 3.40. The van der Waals surface area contributed by atoms with E-state index in [9.17, 15) is 4.79 Å². The maximum atomic E-state index is 12.3. The lowest BCUT2D eigenvalue weighted by atomic mass is 9.80. The SMILES string of the molecule is CCN(c1cccc2ccccc12)C1CCCC(c2ccc(C(=O)NCCOC)cc2)C1. The number of hydrogen-bond acceptors (Lipinski definition) is 3. The van der Waals surface area contributed by atoms with Crippen LogP contribution in [0.15, 0.2) is 66.7 Å². The fraction of sp³-hybridized carbons (Fsp3) is 0.393. The zero-order valence-electron chi connectivity index (χ0n) is 19.2. The fourth-order valence-corrected chi connectivity index (χ4v) is 5.11. The van der Waals surface area contributed by atoms with Gasteiger partial charge < -0.3 is 15.0 Å². The number of fused-ring (bicyclic) bond motifs is 1. The van der Waals surface area contributed by atoms with E-state index in [4.69, 9.17) is 4.74 Å². The fourth-order valence-electron chi connectivity index (χ4n) is 5.11. The van der Waals surface area contributed by atoms with E-state index in [-0.39, 0.29) is 5.91 Å². The Morgan fingerprint density at radius 1 is 1.03 bits per heavy atom. The minimum Gasteiger partial charge on any atom is -0.383 e. The molecule has 1 N–H and O–H groups in total. The first kappa shape index (κ1) is 22.3. The predicted molar refractivity (Wildman–Crippen MR) is 133 cm³/mol. The maximum Gasteiger partial charge on any atom is 0.251 e. The van der Waals surface area contributed by atoms with Gasteiger partial charge in [-0.3, -0.25) is 4.79 Å². The molecule has 1 aliphatic carbocycles. The third-order valence-corrected chi connectivity index (χ3v) is 6.74. The Morgan fingerprint density at radius 2 is 1.81 bits per heavy atom. The van der Waals surface area contributed by atoms with Gasteiger partial charge in [0.1, 0.15) is 0 Å². The standard InChI is InChI=1S/C28H34N2O2/c1-3-30(27-13-7-9-22-8-4-5-12-26(22)27)25-11-6-10-24(20-25)21-14-16-23(17-15-21)28(31)29-18-19-32-2/h4-5,7-9,12-17,24-25H,3,6,10-11,18-20H2,1-2H3,(H,29,31). The number of carbonyl (C=O) groups excluding carboxylic acids is 1. The molecule has 1 aliphatic rings. The van der Waals surface area contributed by atoms with Gasteiger partial charge >= 0.3 is 0 Å². The van der Waals surface area contributed by atoms with Gasteiger partial charge in [-0.25, -0.2) is 0 Å². The van der Waals surface area contributed by atoms with Crippen LogP contribution < -0.4 is 10.2 Å². The van der Waals surface area contributed by atoms with Crippen molar-refractivity contribution in [1.82, 2.24) is 5.32 Å². The molecule has 0 saturated heterocycles. The van der Waals surface area contributed by atoms with Crippen LogP contribution in [0.25, 0.3) is 10.8 Å². The van der Waals surface area contributed by atoms with Crippen LogP contribution in [0.2, 0.25) is 0 Å². The van der Waals surface area contributed by atoms with E-state index < -0.39 is 0 Å². The lowest BCUT2D eigenvalue weighted by molar-refractivity contribution is 0.0937. The van der Waals surface area contributed by atoms with Crippen LogP contribution in [-0.4, -0.2) is 38.8 Å². The van der Waals surface area contributed by atoms with Crippen molar-refractivity contribution in [3.63, 3.8) is 0 Å². The van der Waals surface area contributed by atoms with Crippen LogP contribution in [-0.2, 0) is 4.74 Å². The number of carbonyl (C=O) groups is 1.